The summed E-state index contributed by atoms with van der Waals surface area (Å²) in [7, 11) is 0. The quantitative estimate of drug-likeness (QED) is 0.364. The van der Waals surface area contributed by atoms with E-state index >= 15 is 0 Å². The van der Waals surface area contributed by atoms with Gasteiger partial charge in [-0.15, -0.1) is 0 Å². The fourth-order valence-corrected chi connectivity index (χ4v) is 6.94. The first kappa shape index (κ1) is 28.6. The van der Waals surface area contributed by atoms with E-state index in [1.54, 1.807) is 0 Å². The summed E-state index contributed by atoms with van der Waals surface area (Å²) in [4.78, 5) is 32.0. The number of carbonyl (C=O) groups excluding carboxylic acids is 2. The van der Waals surface area contributed by atoms with Crippen LogP contribution in [0, 0.1) is 11.8 Å². The van der Waals surface area contributed by atoms with Crippen molar-refractivity contribution in [3.8, 4) is 11.5 Å². The van der Waals surface area contributed by atoms with Crippen LogP contribution < -0.4 is 10.1 Å². The van der Waals surface area contributed by atoms with Gasteiger partial charge in [-0.1, -0.05) is 69.4 Å². The minimum absolute atomic E-state index is 0.0120. The number of halogens is 1. The number of nitrogens with zero attached hydrogens (tertiary/aromatic N) is 2. The maximum absolute atomic E-state index is 14.0. The van der Waals surface area contributed by atoms with Crippen molar-refractivity contribution in [1.82, 2.24) is 15.1 Å². The number of unbranched alkanes of at least 4 members (excludes halogenated alkanes) is 1. The second kappa shape index (κ2) is 13.2. The molecule has 7 heteroatoms. The number of likely N-dealkylation sites (tertiary alicyclic amines) is 1. The van der Waals surface area contributed by atoms with Crippen molar-refractivity contribution in [3.05, 3.63) is 60.2 Å². The van der Waals surface area contributed by atoms with Crippen LogP contribution in [0.1, 0.15) is 70.3 Å². The first-order valence-electron chi connectivity index (χ1n) is 15.2. The van der Waals surface area contributed by atoms with Crippen LogP contribution in [0.15, 0.2) is 54.6 Å². The van der Waals surface area contributed by atoms with Crippen molar-refractivity contribution in [2.75, 3.05) is 26.3 Å². The molecule has 2 atom stereocenters. The highest BCUT2D eigenvalue weighted by Crippen LogP contribution is 2.38. The minimum atomic E-state index is -0.833. The van der Waals surface area contributed by atoms with Gasteiger partial charge in [0.1, 0.15) is 23.1 Å². The molecule has 0 radical (unpaired) electrons. The first-order chi connectivity index (χ1) is 19.5. The smallest absolute Gasteiger partial charge is 0.246 e. The average molecular weight is 549 g/mol. The van der Waals surface area contributed by atoms with Gasteiger partial charge in [0.05, 0.1) is 6.67 Å². The van der Waals surface area contributed by atoms with Crippen molar-refractivity contribution in [2.45, 2.75) is 82.8 Å². The molecule has 1 aliphatic carbocycles. The van der Waals surface area contributed by atoms with Gasteiger partial charge < -0.3 is 15.0 Å². The van der Waals surface area contributed by atoms with Crippen molar-refractivity contribution < 1.29 is 18.7 Å². The fourth-order valence-electron chi connectivity index (χ4n) is 6.94. The number of ether oxygens (including phenoxy) is 1. The summed E-state index contributed by atoms with van der Waals surface area (Å²) in [6, 6.07) is 17.4. The molecule has 2 aromatic rings. The van der Waals surface area contributed by atoms with Crippen molar-refractivity contribution in [3.63, 3.8) is 0 Å². The Kier molecular flexibility index (Phi) is 9.40. The molecule has 2 heterocycles. The Morgan fingerprint density at radius 1 is 0.950 bits per heavy atom. The lowest BCUT2D eigenvalue weighted by Gasteiger charge is -2.53. The number of rotatable bonds is 10. The molecule has 40 heavy (non-hydrogen) atoms. The zero-order chi connectivity index (χ0) is 28.0. The van der Waals surface area contributed by atoms with E-state index in [0.29, 0.717) is 38.1 Å². The van der Waals surface area contributed by atoms with Gasteiger partial charge in [-0.05, 0) is 67.3 Å². The predicted molar refractivity (Wildman–Crippen MR) is 155 cm³/mol. The highest BCUT2D eigenvalue weighted by Gasteiger charge is 2.54. The third kappa shape index (κ3) is 6.35. The molecule has 3 fully saturated rings. The Morgan fingerprint density at radius 2 is 1.62 bits per heavy atom. The van der Waals surface area contributed by atoms with Gasteiger partial charge in [0, 0.05) is 26.2 Å². The third-order valence-corrected chi connectivity index (χ3v) is 9.43. The molecule has 1 unspecified atom stereocenters. The van der Waals surface area contributed by atoms with Gasteiger partial charge in [-0.3, -0.25) is 18.9 Å². The minimum Gasteiger partial charge on any atom is -0.457 e. The molecule has 2 amide bonds. The normalized spacial score (nSPS) is 22.8. The van der Waals surface area contributed by atoms with Crippen LogP contribution in [0.3, 0.4) is 0 Å². The number of amides is 2. The highest BCUT2D eigenvalue weighted by atomic mass is 18.2. The number of hydrogen-bond donors (Lipinski definition) is 1. The molecule has 0 aromatic heterocycles. The molecule has 0 bridgehead atoms. The van der Waals surface area contributed by atoms with Crippen LogP contribution in [-0.2, 0) is 16.1 Å². The lowest BCUT2D eigenvalue weighted by Crippen LogP contribution is -2.74. The summed E-state index contributed by atoms with van der Waals surface area (Å²) in [5.74, 6) is 2.22. The summed E-state index contributed by atoms with van der Waals surface area (Å²) >= 11 is 0. The SMILES string of the molecule is C[C@H](C1CCCCC1)C1NC(=O)C2(CCN(Cc3ccc(Oc4ccccc4)cc3)CC2)N(CCCC[18F])C1=O. The number of hydrogen-bond acceptors (Lipinski definition) is 4. The number of alkyl halides is 1. The number of piperazine rings is 1. The summed E-state index contributed by atoms with van der Waals surface area (Å²) in [5, 5.41) is 3.20. The zero-order valence-corrected chi connectivity index (χ0v) is 23.8. The molecule has 1 N–H and O–H groups in total. The topological polar surface area (TPSA) is 61.9 Å². The van der Waals surface area contributed by atoms with Crippen LogP contribution in [0.25, 0.3) is 0 Å². The van der Waals surface area contributed by atoms with E-state index in [1.807, 2.05) is 47.4 Å². The monoisotopic (exact) mass is 548 g/mol. The Hall–Kier alpha value is -2.93. The van der Waals surface area contributed by atoms with Gasteiger partial charge in [0.2, 0.25) is 11.8 Å². The summed E-state index contributed by atoms with van der Waals surface area (Å²) in [5.41, 5.74) is 0.349. The summed E-state index contributed by atoms with van der Waals surface area (Å²) < 4.78 is 18.9. The number of benzene rings is 2. The Bertz CT molecular complexity index is 1110. The molecule has 1 spiro atoms. The lowest BCUT2D eigenvalue weighted by atomic mass is 9.74. The van der Waals surface area contributed by atoms with E-state index in [9.17, 15) is 14.0 Å². The Morgan fingerprint density at radius 3 is 2.30 bits per heavy atom. The van der Waals surface area contributed by atoms with E-state index in [0.717, 1.165) is 44.0 Å². The molecule has 216 valence electrons. The Balaban J connectivity index is 1.23. The standard InChI is InChI=1S/C33H44FN3O3/c1-25(27-10-4-2-5-11-27)30-31(38)37(21-9-8-20-34)33(32(39)35-30)18-22-36(23-19-33)24-26-14-16-29(17-15-26)40-28-12-6-3-7-13-28/h3,6-7,12-17,25,27,30H,2,4-5,8-11,18-24H2,1H3,(H,35,39)/t25-,30?/m1/s1/i34-1. The molecular weight excluding hydrogens is 504 g/mol. The molecule has 5 rings (SSSR count). The van der Waals surface area contributed by atoms with Crippen molar-refractivity contribution in [2.24, 2.45) is 11.8 Å². The second-order valence-corrected chi connectivity index (χ2v) is 12.0. The van der Waals surface area contributed by atoms with Crippen molar-refractivity contribution in [1.29, 1.82) is 0 Å². The lowest BCUT2D eigenvalue weighted by molar-refractivity contribution is -0.163. The molecule has 2 aromatic carbocycles. The molecule has 3 aliphatic rings. The van der Waals surface area contributed by atoms with Crippen LogP contribution in [0.4, 0.5) is 4.39 Å². The van der Waals surface area contributed by atoms with E-state index in [2.05, 4.69) is 29.3 Å². The molecular formula is C33H44FN3O3. The molecule has 6 nitrogen and oxygen atoms in total. The van der Waals surface area contributed by atoms with Crippen LogP contribution in [-0.4, -0.2) is 59.5 Å². The van der Waals surface area contributed by atoms with E-state index in [4.69, 9.17) is 4.74 Å². The maximum atomic E-state index is 14.0. The van der Waals surface area contributed by atoms with Crippen LogP contribution >= 0.6 is 0 Å². The van der Waals surface area contributed by atoms with Crippen LogP contribution in [0.2, 0.25) is 0 Å². The number of nitrogens with one attached hydrogen (secondary N) is 1. The molecule has 1 saturated carbocycles. The number of piperidine rings is 1. The number of carbonyl (C=O) groups is 2. The summed E-state index contributed by atoms with van der Waals surface area (Å²) in [6.07, 6.45) is 8.11. The molecule has 2 aliphatic heterocycles. The fraction of sp³-hybridized carbons (Fsp3) is 0.576. The first-order valence-corrected chi connectivity index (χ1v) is 15.2. The Labute approximate surface area is 238 Å². The largest absolute Gasteiger partial charge is 0.457 e. The van der Waals surface area contributed by atoms with Crippen molar-refractivity contribution >= 4 is 11.8 Å². The van der Waals surface area contributed by atoms with Gasteiger partial charge in [0.15, 0.2) is 0 Å². The molecule has 2 saturated heterocycles. The summed E-state index contributed by atoms with van der Waals surface area (Å²) in [6.45, 7) is 4.42. The highest BCUT2D eigenvalue weighted by molar-refractivity contribution is 6.00. The van der Waals surface area contributed by atoms with E-state index < -0.39 is 18.3 Å². The van der Waals surface area contributed by atoms with E-state index in [1.165, 1.54) is 24.8 Å². The van der Waals surface area contributed by atoms with Gasteiger partial charge in [0.25, 0.3) is 0 Å². The van der Waals surface area contributed by atoms with Gasteiger partial charge >= 0.3 is 0 Å². The van der Waals surface area contributed by atoms with Gasteiger partial charge in [-0.2, -0.15) is 0 Å². The van der Waals surface area contributed by atoms with E-state index in [-0.39, 0.29) is 17.7 Å². The second-order valence-electron chi connectivity index (χ2n) is 12.0. The zero-order valence-electron chi connectivity index (χ0n) is 23.8. The predicted octanol–water partition coefficient (Wildman–Crippen LogP) is 6.11. The maximum Gasteiger partial charge on any atom is 0.246 e. The average Bonchev–Trinajstić information content (AvgIpc) is 2.99. The number of para-hydroxylation sites is 1. The van der Waals surface area contributed by atoms with Crippen LogP contribution in [0.5, 0.6) is 11.5 Å². The third-order valence-electron chi connectivity index (χ3n) is 9.43. The van der Waals surface area contributed by atoms with Gasteiger partial charge in [-0.25, -0.2) is 0 Å².